The first-order chi connectivity index (χ1) is 8.74. The minimum Gasteiger partial charge on any atom is -0.388 e. The van der Waals surface area contributed by atoms with Gasteiger partial charge < -0.3 is 24.6 Å². The van der Waals surface area contributed by atoms with Crippen LogP contribution in [0.1, 0.15) is 26.2 Å². The van der Waals surface area contributed by atoms with Gasteiger partial charge in [0.2, 0.25) is 0 Å². The van der Waals surface area contributed by atoms with Gasteiger partial charge in [-0.1, -0.05) is 0 Å². The molecule has 0 aromatic rings. The Labute approximate surface area is 109 Å². The molecule has 0 amide bonds. The Morgan fingerprint density at radius 3 is 2.89 bits per heavy atom. The third-order valence-electron chi connectivity index (χ3n) is 3.73. The third kappa shape index (κ3) is 3.90. The molecule has 18 heavy (non-hydrogen) atoms. The van der Waals surface area contributed by atoms with Gasteiger partial charge in [0.1, 0.15) is 6.10 Å². The number of ether oxygens (including phenoxy) is 3. The van der Waals surface area contributed by atoms with Crippen molar-refractivity contribution in [3.63, 3.8) is 0 Å². The Bertz CT molecular complexity index is 243. The van der Waals surface area contributed by atoms with Crippen LogP contribution in [0.15, 0.2) is 0 Å². The van der Waals surface area contributed by atoms with Gasteiger partial charge in [0, 0.05) is 13.0 Å². The lowest BCUT2D eigenvalue weighted by atomic mass is 9.89. The van der Waals surface area contributed by atoms with Crippen LogP contribution in [0.25, 0.3) is 0 Å². The molecule has 2 fully saturated rings. The van der Waals surface area contributed by atoms with E-state index in [0.717, 1.165) is 32.4 Å². The molecule has 2 N–H and O–H groups in total. The van der Waals surface area contributed by atoms with Gasteiger partial charge in [-0.2, -0.15) is 0 Å². The molecule has 2 atom stereocenters. The first-order valence-electron chi connectivity index (χ1n) is 6.96. The Morgan fingerprint density at radius 2 is 2.17 bits per heavy atom. The van der Waals surface area contributed by atoms with Crippen LogP contribution in [0.3, 0.4) is 0 Å². The number of nitrogens with one attached hydrogen (secondary N) is 1. The maximum atomic E-state index is 9.64. The Hall–Kier alpha value is -0.200. The number of aliphatic hydroxyl groups excluding tert-OH is 1. The van der Waals surface area contributed by atoms with E-state index >= 15 is 0 Å². The monoisotopic (exact) mass is 259 g/mol. The third-order valence-corrected chi connectivity index (χ3v) is 3.73. The van der Waals surface area contributed by atoms with Gasteiger partial charge in [0.25, 0.3) is 0 Å². The van der Waals surface area contributed by atoms with Gasteiger partial charge in [-0.25, -0.2) is 0 Å². The van der Waals surface area contributed by atoms with Crippen molar-refractivity contribution in [2.75, 3.05) is 39.5 Å². The summed E-state index contributed by atoms with van der Waals surface area (Å²) < 4.78 is 16.8. The van der Waals surface area contributed by atoms with Crippen molar-refractivity contribution in [2.24, 2.45) is 0 Å². The molecule has 106 valence electrons. The topological polar surface area (TPSA) is 60.0 Å². The van der Waals surface area contributed by atoms with Crippen LogP contribution in [0, 0.1) is 0 Å². The van der Waals surface area contributed by atoms with E-state index in [1.807, 2.05) is 6.92 Å². The minimum absolute atomic E-state index is 0.0286. The van der Waals surface area contributed by atoms with Crippen molar-refractivity contribution in [2.45, 2.75) is 44.0 Å². The van der Waals surface area contributed by atoms with Gasteiger partial charge >= 0.3 is 0 Å². The highest BCUT2D eigenvalue weighted by Gasteiger charge is 2.41. The zero-order valence-electron chi connectivity index (χ0n) is 11.2. The summed E-state index contributed by atoms with van der Waals surface area (Å²) in [6, 6.07) is 0. The molecule has 0 aliphatic carbocycles. The fraction of sp³-hybridized carbons (Fsp3) is 1.00. The molecule has 0 aromatic carbocycles. The van der Waals surface area contributed by atoms with Crippen molar-refractivity contribution < 1.29 is 19.3 Å². The summed E-state index contributed by atoms with van der Waals surface area (Å²) in [5, 5.41) is 13.0. The van der Waals surface area contributed by atoms with Crippen molar-refractivity contribution in [1.82, 2.24) is 5.32 Å². The molecule has 2 aliphatic rings. The summed E-state index contributed by atoms with van der Waals surface area (Å²) in [6.45, 7) is 5.93. The number of hydrogen-bond donors (Lipinski definition) is 2. The van der Waals surface area contributed by atoms with Gasteiger partial charge in [0.15, 0.2) is 0 Å². The average Bonchev–Trinajstić information content (AvgIpc) is 2.78. The van der Waals surface area contributed by atoms with Gasteiger partial charge in [-0.15, -0.1) is 0 Å². The van der Waals surface area contributed by atoms with E-state index in [1.54, 1.807) is 0 Å². The normalized spacial score (nSPS) is 28.7. The van der Waals surface area contributed by atoms with E-state index in [0.29, 0.717) is 26.4 Å². The van der Waals surface area contributed by atoms with Crippen LogP contribution in [0.4, 0.5) is 0 Å². The quantitative estimate of drug-likeness (QED) is 0.719. The van der Waals surface area contributed by atoms with Gasteiger partial charge in [-0.3, -0.25) is 0 Å². The van der Waals surface area contributed by atoms with E-state index in [4.69, 9.17) is 14.2 Å². The first-order valence-corrected chi connectivity index (χ1v) is 6.96. The molecule has 2 unspecified atom stereocenters. The molecule has 5 nitrogen and oxygen atoms in total. The predicted octanol–water partition coefficient (Wildman–Crippen LogP) is 0.312. The second kappa shape index (κ2) is 6.82. The molecule has 5 heteroatoms. The summed E-state index contributed by atoms with van der Waals surface area (Å²) >= 11 is 0. The van der Waals surface area contributed by atoms with Crippen LogP contribution >= 0.6 is 0 Å². The molecule has 2 rings (SSSR count). The lowest BCUT2D eigenvalue weighted by molar-refractivity contribution is -0.0467. The number of piperidine rings is 1. The lowest BCUT2D eigenvalue weighted by Gasteiger charge is -2.32. The minimum atomic E-state index is -0.533. The van der Waals surface area contributed by atoms with Gasteiger partial charge in [-0.05, 0) is 32.9 Å². The van der Waals surface area contributed by atoms with Crippen molar-refractivity contribution in [3.8, 4) is 0 Å². The zero-order valence-corrected chi connectivity index (χ0v) is 11.2. The molecular weight excluding hydrogens is 234 g/mol. The lowest BCUT2D eigenvalue weighted by Crippen LogP contribution is -2.41. The Kier molecular flexibility index (Phi) is 5.38. The van der Waals surface area contributed by atoms with Crippen molar-refractivity contribution >= 4 is 0 Å². The molecule has 0 bridgehead atoms. The van der Waals surface area contributed by atoms with Crippen molar-refractivity contribution in [1.29, 1.82) is 0 Å². The molecule has 2 aliphatic heterocycles. The van der Waals surface area contributed by atoms with Crippen LogP contribution in [-0.4, -0.2) is 62.4 Å². The first kappa shape index (κ1) is 14.2. The summed E-state index contributed by atoms with van der Waals surface area (Å²) in [4.78, 5) is 0. The summed E-state index contributed by atoms with van der Waals surface area (Å²) in [7, 11) is 0. The van der Waals surface area contributed by atoms with Crippen LogP contribution < -0.4 is 5.32 Å². The van der Waals surface area contributed by atoms with Crippen LogP contribution in [0.2, 0.25) is 0 Å². The second-order valence-corrected chi connectivity index (χ2v) is 5.22. The molecule has 1 spiro atoms. The summed E-state index contributed by atoms with van der Waals surface area (Å²) in [5.74, 6) is 0. The van der Waals surface area contributed by atoms with E-state index in [-0.39, 0.29) is 11.7 Å². The SMILES string of the molecule is CCOCC(O)COC1COC2(CCNCC2)C1. The maximum Gasteiger partial charge on any atom is 0.101 e. The summed E-state index contributed by atoms with van der Waals surface area (Å²) in [5.41, 5.74) is 0.0286. The molecule has 0 radical (unpaired) electrons. The molecule has 0 saturated carbocycles. The van der Waals surface area contributed by atoms with Crippen LogP contribution in [-0.2, 0) is 14.2 Å². The fourth-order valence-electron chi connectivity index (χ4n) is 2.69. The summed E-state index contributed by atoms with van der Waals surface area (Å²) in [6.07, 6.45) is 2.67. The molecular formula is C13H25NO4. The highest BCUT2D eigenvalue weighted by atomic mass is 16.6. The zero-order chi connectivity index (χ0) is 12.8. The highest BCUT2D eigenvalue weighted by molar-refractivity contribution is 4.93. The largest absolute Gasteiger partial charge is 0.388 e. The molecule has 2 saturated heterocycles. The van der Waals surface area contributed by atoms with Gasteiger partial charge in [0.05, 0.1) is 31.5 Å². The van der Waals surface area contributed by atoms with E-state index in [9.17, 15) is 5.11 Å². The predicted molar refractivity (Wildman–Crippen MR) is 67.6 cm³/mol. The fourth-order valence-corrected chi connectivity index (χ4v) is 2.69. The Balaban J connectivity index is 1.66. The van der Waals surface area contributed by atoms with Crippen molar-refractivity contribution in [3.05, 3.63) is 0 Å². The van der Waals surface area contributed by atoms with E-state index < -0.39 is 6.10 Å². The number of hydrogen-bond acceptors (Lipinski definition) is 5. The van der Waals surface area contributed by atoms with E-state index in [2.05, 4.69) is 5.32 Å². The smallest absolute Gasteiger partial charge is 0.101 e. The number of rotatable bonds is 6. The number of aliphatic hydroxyl groups is 1. The van der Waals surface area contributed by atoms with E-state index in [1.165, 1.54) is 0 Å². The Morgan fingerprint density at radius 1 is 1.39 bits per heavy atom. The maximum absolute atomic E-state index is 9.64. The average molecular weight is 259 g/mol. The standard InChI is InChI=1S/C13H25NO4/c1-2-16-8-11(15)9-17-12-7-13(18-10-12)3-5-14-6-4-13/h11-12,14-15H,2-10H2,1H3. The second-order valence-electron chi connectivity index (χ2n) is 5.22. The molecule has 0 aromatic heterocycles. The molecule has 2 heterocycles. The van der Waals surface area contributed by atoms with Crippen LogP contribution in [0.5, 0.6) is 0 Å². The highest BCUT2D eigenvalue weighted by Crippen LogP contribution is 2.35.